The molecule has 1 aliphatic carbocycles. The quantitative estimate of drug-likeness (QED) is 0.629. The smallest absolute Gasteiger partial charge is 0.309 e. The number of aromatic amines is 1. The van der Waals surface area contributed by atoms with Crippen LogP contribution >= 0.6 is 12.2 Å². The van der Waals surface area contributed by atoms with Gasteiger partial charge in [0.2, 0.25) is 0 Å². The van der Waals surface area contributed by atoms with Gasteiger partial charge in [-0.05, 0) is 42.0 Å². The zero-order valence-electron chi connectivity index (χ0n) is 16.8. The van der Waals surface area contributed by atoms with E-state index in [9.17, 15) is 4.79 Å². The number of H-pyrrole nitrogens is 1. The van der Waals surface area contributed by atoms with Gasteiger partial charge in [0.25, 0.3) is 0 Å². The number of likely N-dealkylation sites (N-methyl/N-ethyl adjacent to an activating group) is 1. The number of ether oxygens (including phenoxy) is 1. The van der Waals surface area contributed by atoms with Gasteiger partial charge in [0.15, 0.2) is 0 Å². The van der Waals surface area contributed by atoms with Gasteiger partial charge < -0.3 is 14.6 Å². The third-order valence-electron chi connectivity index (χ3n) is 6.47. The molecule has 1 aromatic heterocycles. The van der Waals surface area contributed by atoms with Gasteiger partial charge in [0, 0.05) is 29.3 Å². The Kier molecular flexibility index (Phi) is 4.43. The maximum absolute atomic E-state index is 12.2. The van der Waals surface area contributed by atoms with Crippen LogP contribution in [0.3, 0.4) is 0 Å². The Bertz CT molecular complexity index is 925. The highest BCUT2D eigenvalue weighted by molar-refractivity contribution is 7.79. The Hall–Kier alpha value is -1.72. The molecule has 1 N–H and O–H groups in total. The molecular formula is C22H28N2O2S. The van der Waals surface area contributed by atoms with Crippen molar-refractivity contribution in [2.24, 2.45) is 5.92 Å². The predicted molar refractivity (Wildman–Crippen MR) is 113 cm³/mol. The maximum Gasteiger partial charge on any atom is 0.309 e. The molecule has 1 aliphatic heterocycles. The number of nitrogens with zero attached hydrogens (tertiary/aromatic N) is 1. The van der Waals surface area contributed by atoms with E-state index in [0.29, 0.717) is 12.0 Å². The fourth-order valence-corrected chi connectivity index (χ4v) is 5.37. The van der Waals surface area contributed by atoms with Gasteiger partial charge in [0.1, 0.15) is 0 Å². The van der Waals surface area contributed by atoms with Crippen LogP contribution in [0.15, 0.2) is 12.1 Å². The van der Waals surface area contributed by atoms with E-state index in [4.69, 9.17) is 17.0 Å². The van der Waals surface area contributed by atoms with E-state index in [0.717, 1.165) is 25.1 Å². The monoisotopic (exact) mass is 384 g/mol. The van der Waals surface area contributed by atoms with E-state index in [1.54, 1.807) is 5.37 Å². The summed E-state index contributed by atoms with van der Waals surface area (Å²) in [5.74, 6) is 0.178. The van der Waals surface area contributed by atoms with Crippen LogP contribution < -0.4 is 0 Å². The number of fused-ring (bicyclic) bond motifs is 2. The first-order valence-corrected chi connectivity index (χ1v) is 10.1. The van der Waals surface area contributed by atoms with Crippen molar-refractivity contribution in [2.75, 3.05) is 20.7 Å². The molecular weight excluding hydrogens is 356 g/mol. The largest absolute Gasteiger partial charge is 0.469 e. The summed E-state index contributed by atoms with van der Waals surface area (Å²) in [6, 6.07) is 4.94. The van der Waals surface area contributed by atoms with Crippen molar-refractivity contribution in [3.8, 4) is 0 Å². The average Bonchev–Trinajstić information content (AvgIpc) is 3.00. The molecule has 1 saturated heterocycles. The fraction of sp³-hybridized carbons (Fsp3) is 0.545. The van der Waals surface area contributed by atoms with Gasteiger partial charge in [-0.1, -0.05) is 45.1 Å². The molecule has 3 atom stereocenters. The first kappa shape index (κ1) is 18.6. The van der Waals surface area contributed by atoms with Gasteiger partial charge in [-0.2, -0.15) is 0 Å². The molecule has 27 heavy (non-hydrogen) atoms. The SMILES string of the molecule is COC(=O)[C@@H]1CC2c3ccc(C(C)(C)C)c4[nH]c(C=S)c(c34)C[C@H]2N(C)C1. The van der Waals surface area contributed by atoms with Crippen LogP contribution in [0.4, 0.5) is 0 Å². The number of rotatable bonds is 2. The molecule has 1 aromatic carbocycles. The summed E-state index contributed by atoms with van der Waals surface area (Å²) in [5.41, 5.74) is 6.34. The van der Waals surface area contributed by atoms with E-state index in [1.165, 1.54) is 34.7 Å². The van der Waals surface area contributed by atoms with Crippen LogP contribution in [0, 0.1) is 5.92 Å². The second kappa shape index (κ2) is 6.42. The van der Waals surface area contributed by atoms with Crippen molar-refractivity contribution < 1.29 is 9.53 Å². The molecule has 1 unspecified atom stereocenters. The number of nitrogens with one attached hydrogen (secondary N) is 1. The molecule has 0 bridgehead atoms. The highest BCUT2D eigenvalue weighted by atomic mass is 32.1. The number of carbonyl (C=O) groups excluding carboxylic acids is 1. The second-order valence-corrected chi connectivity index (χ2v) is 9.35. The average molecular weight is 385 g/mol. The van der Waals surface area contributed by atoms with Crippen molar-refractivity contribution in [3.05, 3.63) is 34.5 Å². The number of hydrogen-bond donors (Lipinski definition) is 1. The third-order valence-corrected chi connectivity index (χ3v) is 6.71. The van der Waals surface area contributed by atoms with Crippen LogP contribution in [0.1, 0.15) is 55.5 Å². The van der Waals surface area contributed by atoms with Crippen molar-refractivity contribution in [1.82, 2.24) is 9.88 Å². The predicted octanol–water partition coefficient (Wildman–Crippen LogP) is 3.95. The van der Waals surface area contributed by atoms with Gasteiger partial charge in [0.05, 0.1) is 24.2 Å². The molecule has 0 saturated carbocycles. The summed E-state index contributed by atoms with van der Waals surface area (Å²) in [5, 5.41) is 3.12. The highest BCUT2D eigenvalue weighted by Crippen LogP contribution is 2.47. The number of piperidine rings is 1. The lowest BCUT2D eigenvalue weighted by Gasteiger charge is -2.45. The van der Waals surface area contributed by atoms with E-state index in [1.807, 2.05) is 0 Å². The number of aromatic nitrogens is 1. The maximum atomic E-state index is 12.2. The molecule has 0 spiro atoms. The first-order chi connectivity index (χ1) is 12.8. The lowest BCUT2D eigenvalue weighted by Crippen LogP contribution is -2.49. The number of thiocarbonyl (C=S) groups is 1. The topological polar surface area (TPSA) is 45.3 Å². The number of esters is 1. The van der Waals surface area contributed by atoms with Gasteiger partial charge >= 0.3 is 5.97 Å². The van der Waals surface area contributed by atoms with Crippen LogP contribution in [0.5, 0.6) is 0 Å². The summed E-state index contributed by atoms with van der Waals surface area (Å²) in [6.07, 6.45) is 1.82. The van der Waals surface area contributed by atoms with Crippen LogP contribution in [-0.2, 0) is 21.4 Å². The summed E-state index contributed by atoms with van der Waals surface area (Å²) in [4.78, 5) is 18.2. The van der Waals surface area contributed by atoms with E-state index >= 15 is 0 Å². The normalized spacial score (nSPS) is 25.3. The van der Waals surface area contributed by atoms with Crippen LogP contribution in [-0.4, -0.2) is 48.0 Å². The Morgan fingerprint density at radius 2 is 2.11 bits per heavy atom. The van der Waals surface area contributed by atoms with Crippen LogP contribution in [0.2, 0.25) is 0 Å². The number of hydrogen-bond acceptors (Lipinski definition) is 4. The summed E-state index contributed by atoms with van der Waals surface area (Å²) >= 11 is 5.33. The summed E-state index contributed by atoms with van der Waals surface area (Å²) in [6.45, 7) is 7.49. The van der Waals surface area contributed by atoms with Crippen molar-refractivity contribution in [3.63, 3.8) is 0 Å². The first-order valence-electron chi connectivity index (χ1n) is 9.67. The zero-order valence-corrected chi connectivity index (χ0v) is 17.6. The molecule has 144 valence electrons. The summed E-state index contributed by atoms with van der Waals surface area (Å²) in [7, 11) is 3.61. The highest BCUT2D eigenvalue weighted by Gasteiger charge is 2.43. The number of likely N-dealkylation sites (tertiary alicyclic amines) is 1. The number of benzene rings is 1. The van der Waals surface area contributed by atoms with Crippen LogP contribution in [0.25, 0.3) is 10.9 Å². The van der Waals surface area contributed by atoms with Crippen molar-refractivity contribution >= 4 is 34.5 Å². The van der Waals surface area contributed by atoms with E-state index in [-0.39, 0.29) is 17.3 Å². The Morgan fingerprint density at radius 1 is 1.37 bits per heavy atom. The molecule has 0 amide bonds. The number of methoxy groups -OCH3 is 1. The molecule has 4 rings (SSSR count). The minimum atomic E-state index is -0.0951. The molecule has 2 aliphatic rings. The minimum absolute atomic E-state index is 0.0497. The van der Waals surface area contributed by atoms with E-state index < -0.39 is 0 Å². The lowest BCUT2D eigenvalue weighted by atomic mass is 9.71. The Morgan fingerprint density at radius 3 is 2.74 bits per heavy atom. The minimum Gasteiger partial charge on any atom is -0.469 e. The Labute approximate surface area is 166 Å². The number of carbonyl (C=O) groups is 1. The summed E-state index contributed by atoms with van der Waals surface area (Å²) < 4.78 is 5.06. The molecule has 0 radical (unpaired) electrons. The lowest BCUT2D eigenvalue weighted by molar-refractivity contribution is -0.148. The Balaban J connectivity index is 1.90. The van der Waals surface area contributed by atoms with Crippen molar-refractivity contribution in [1.29, 1.82) is 0 Å². The fourth-order valence-electron chi connectivity index (χ4n) is 5.17. The van der Waals surface area contributed by atoms with E-state index in [2.05, 4.69) is 49.8 Å². The molecule has 5 heteroatoms. The van der Waals surface area contributed by atoms with Gasteiger partial charge in [-0.25, -0.2) is 0 Å². The second-order valence-electron chi connectivity index (χ2n) is 9.11. The standard InChI is InChI=1S/C22H28N2O2S/c1-22(2,3)16-7-6-13-14-8-12(21(25)26-5)10-24(4)18(14)9-15-17(11-27)23-20(16)19(13)15/h6-7,11-12,14,18,23H,8-10H2,1-5H3/t12-,14?,18-/m1/s1. The zero-order chi connectivity index (χ0) is 19.5. The van der Waals surface area contributed by atoms with Crippen molar-refractivity contribution in [2.45, 2.75) is 51.0 Å². The molecule has 2 aromatic rings. The molecule has 2 heterocycles. The van der Waals surface area contributed by atoms with Gasteiger partial charge in [-0.3, -0.25) is 4.79 Å². The van der Waals surface area contributed by atoms with Gasteiger partial charge in [-0.15, -0.1) is 0 Å². The molecule has 1 fully saturated rings. The molecule has 4 nitrogen and oxygen atoms in total. The third kappa shape index (κ3) is 2.83.